The molecule has 1 aliphatic carbocycles. The van der Waals surface area contributed by atoms with E-state index in [-0.39, 0.29) is 5.41 Å². The number of benzene rings is 1. The van der Waals surface area contributed by atoms with Gasteiger partial charge in [0.05, 0.1) is 12.7 Å². The molecule has 0 aromatic heterocycles. The molecule has 17 heavy (non-hydrogen) atoms. The third-order valence-electron chi connectivity index (χ3n) is 4.57. The van der Waals surface area contributed by atoms with Crippen molar-refractivity contribution < 1.29 is 9.47 Å². The van der Waals surface area contributed by atoms with Gasteiger partial charge >= 0.3 is 0 Å². The zero-order chi connectivity index (χ0) is 11.3. The third-order valence-corrected chi connectivity index (χ3v) is 4.57. The molecule has 1 aromatic carbocycles. The van der Waals surface area contributed by atoms with Gasteiger partial charge in [-0.1, -0.05) is 24.3 Å². The van der Waals surface area contributed by atoms with Crippen LogP contribution in [0.4, 0.5) is 0 Å². The average molecular weight is 231 g/mol. The lowest BCUT2D eigenvalue weighted by Crippen LogP contribution is -2.66. The first kappa shape index (κ1) is 10.1. The highest BCUT2D eigenvalue weighted by Gasteiger charge is 2.53. The predicted molar refractivity (Wildman–Crippen MR) is 63.9 cm³/mol. The summed E-state index contributed by atoms with van der Waals surface area (Å²) in [5, 5.41) is 3.60. The Morgan fingerprint density at radius 2 is 2.24 bits per heavy atom. The summed E-state index contributed by atoms with van der Waals surface area (Å²) >= 11 is 0. The van der Waals surface area contributed by atoms with Gasteiger partial charge in [-0.15, -0.1) is 0 Å². The van der Waals surface area contributed by atoms with E-state index in [1.54, 1.807) is 0 Å². The van der Waals surface area contributed by atoms with Gasteiger partial charge in [-0.3, -0.25) is 0 Å². The van der Waals surface area contributed by atoms with Gasteiger partial charge in [0.2, 0.25) is 0 Å². The molecule has 0 radical (unpaired) electrons. The maximum Gasteiger partial charge on any atom is 0.147 e. The number of piperidine rings is 1. The van der Waals surface area contributed by atoms with E-state index >= 15 is 0 Å². The summed E-state index contributed by atoms with van der Waals surface area (Å²) in [7, 11) is 0. The van der Waals surface area contributed by atoms with Crippen molar-refractivity contribution in [3.05, 3.63) is 35.4 Å². The van der Waals surface area contributed by atoms with Crippen molar-refractivity contribution in [2.45, 2.75) is 30.4 Å². The van der Waals surface area contributed by atoms with Crippen LogP contribution in [0, 0.1) is 0 Å². The van der Waals surface area contributed by atoms with Gasteiger partial charge in [0.15, 0.2) is 0 Å². The van der Waals surface area contributed by atoms with Crippen LogP contribution < -0.4 is 5.32 Å². The Kier molecular flexibility index (Phi) is 2.10. The van der Waals surface area contributed by atoms with E-state index < -0.39 is 0 Å². The van der Waals surface area contributed by atoms with E-state index in [0.29, 0.717) is 18.9 Å². The van der Waals surface area contributed by atoms with Crippen molar-refractivity contribution in [3.63, 3.8) is 0 Å². The van der Waals surface area contributed by atoms with Crippen molar-refractivity contribution in [1.29, 1.82) is 0 Å². The first-order chi connectivity index (χ1) is 8.40. The first-order valence-electron chi connectivity index (χ1n) is 6.41. The maximum absolute atomic E-state index is 5.91. The van der Waals surface area contributed by atoms with Crippen LogP contribution in [0.5, 0.6) is 0 Å². The summed E-state index contributed by atoms with van der Waals surface area (Å²) in [6, 6.07) is 9.25. The lowest BCUT2D eigenvalue weighted by atomic mass is 9.62. The predicted octanol–water partition coefficient (Wildman–Crippen LogP) is 1.22. The van der Waals surface area contributed by atoms with E-state index in [4.69, 9.17) is 9.47 Å². The van der Waals surface area contributed by atoms with Crippen molar-refractivity contribution in [3.8, 4) is 0 Å². The van der Waals surface area contributed by atoms with E-state index in [0.717, 1.165) is 26.0 Å². The average Bonchev–Trinajstić information content (AvgIpc) is 2.39. The Morgan fingerprint density at radius 1 is 1.29 bits per heavy atom. The summed E-state index contributed by atoms with van der Waals surface area (Å²) in [6.45, 7) is 2.34. The van der Waals surface area contributed by atoms with Crippen molar-refractivity contribution in [2.75, 3.05) is 19.9 Å². The summed E-state index contributed by atoms with van der Waals surface area (Å²) in [5.41, 5.74) is 3.03. The molecule has 0 spiro atoms. The smallest absolute Gasteiger partial charge is 0.147 e. The largest absolute Gasteiger partial charge is 0.354 e. The Bertz CT molecular complexity index is 444. The molecule has 1 N–H and O–H groups in total. The normalized spacial score (nSPS) is 39.3. The molecule has 2 bridgehead atoms. The number of ether oxygens (including phenoxy) is 2. The van der Waals surface area contributed by atoms with Crippen LogP contribution in [0.1, 0.15) is 17.5 Å². The Hall–Kier alpha value is -0.900. The summed E-state index contributed by atoms with van der Waals surface area (Å²) in [6.07, 6.45) is 2.49. The quantitative estimate of drug-likeness (QED) is 0.728. The number of rotatable bonds is 0. The molecule has 3 atom stereocenters. The lowest BCUT2D eigenvalue weighted by molar-refractivity contribution is -0.204. The maximum atomic E-state index is 5.91. The fraction of sp³-hybridized carbons (Fsp3) is 0.571. The molecule has 4 rings (SSSR count). The third kappa shape index (κ3) is 1.27. The molecule has 2 aliphatic heterocycles. The molecule has 3 nitrogen and oxygen atoms in total. The highest BCUT2D eigenvalue weighted by molar-refractivity contribution is 5.41. The van der Waals surface area contributed by atoms with E-state index in [9.17, 15) is 0 Å². The molecular formula is C14H17NO2. The SMILES string of the molecule is c1ccc2c(c1)C[C@H]1NCC[C@@]23COCO[C@@H]13. The zero-order valence-corrected chi connectivity index (χ0v) is 9.82. The minimum atomic E-state index is 0.100. The molecular weight excluding hydrogens is 214 g/mol. The van der Waals surface area contributed by atoms with Crippen LogP contribution in [-0.2, 0) is 21.3 Å². The molecule has 90 valence electrons. The zero-order valence-electron chi connectivity index (χ0n) is 9.82. The Balaban J connectivity index is 1.90. The van der Waals surface area contributed by atoms with Crippen LogP contribution >= 0.6 is 0 Å². The van der Waals surface area contributed by atoms with Gasteiger partial charge in [0.1, 0.15) is 6.79 Å². The molecule has 0 unspecified atom stereocenters. The number of nitrogens with one attached hydrogen (secondary N) is 1. The molecule has 3 heteroatoms. The Labute approximate surface area is 101 Å². The molecule has 2 heterocycles. The molecule has 0 saturated carbocycles. The number of hydrogen-bond donors (Lipinski definition) is 1. The van der Waals surface area contributed by atoms with Gasteiger partial charge in [0, 0.05) is 11.5 Å². The van der Waals surface area contributed by atoms with Gasteiger partial charge in [-0.25, -0.2) is 0 Å². The topological polar surface area (TPSA) is 30.5 Å². The van der Waals surface area contributed by atoms with E-state index in [1.165, 1.54) is 11.1 Å². The second-order valence-electron chi connectivity index (χ2n) is 5.38. The van der Waals surface area contributed by atoms with Gasteiger partial charge < -0.3 is 14.8 Å². The van der Waals surface area contributed by atoms with Gasteiger partial charge in [-0.05, 0) is 30.5 Å². The standard InChI is InChI=1S/C14H17NO2/c1-2-4-11-10(3-1)7-12-13-14(11,5-6-15-12)8-16-9-17-13/h1-4,12-13,15H,5-9H2/t12-,13+,14-/m1/s1. The van der Waals surface area contributed by atoms with Crippen LogP contribution in [0.3, 0.4) is 0 Å². The van der Waals surface area contributed by atoms with E-state index in [1.807, 2.05) is 0 Å². The number of hydrogen-bond acceptors (Lipinski definition) is 3. The summed E-state index contributed by atoms with van der Waals surface area (Å²) in [5.74, 6) is 0. The highest BCUT2D eigenvalue weighted by atomic mass is 16.7. The van der Waals surface area contributed by atoms with Crippen LogP contribution in [0.2, 0.25) is 0 Å². The monoisotopic (exact) mass is 231 g/mol. The second kappa shape index (κ2) is 3.55. The molecule has 3 aliphatic rings. The highest BCUT2D eigenvalue weighted by Crippen LogP contribution is 2.45. The molecule has 2 saturated heterocycles. The van der Waals surface area contributed by atoms with Crippen molar-refractivity contribution >= 4 is 0 Å². The Morgan fingerprint density at radius 3 is 3.24 bits per heavy atom. The minimum absolute atomic E-state index is 0.100. The van der Waals surface area contributed by atoms with Crippen LogP contribution in [0.15, 0.2) is 24.3 Å². The lowest BCUT2D eigenvalue weighted by Gasteiger charge is -2.54. The van der Waals surface area contributed by atoms with Crippen molar-refractivity contribution in [2.24, 2.45) is 0 Å². The molecule has 2 fully saturated rings. The van der Waals surface area contributed by atoms with Gasteiger partial charge in [-0.2, -0.15) is 0 Å². The van der Waals surface area contributed by atoms with Crippen molar-refractivity contribution in [1.82, 2.24) is 5.32 Å². The number of fused-ring (bicyclic) bond motifs is 1. The fourth-order valence-electron chi connectivity index (χ4n) is 3.86. The van der Waals surface area contributed by atoms with E-state index in [2.05, 4.69) is 29.6 Å². The summed E-state index contributed by atoms with van der Waals surface area (Å²) < 4.78 is 11.5. The molecule has 1 aromatic rings. The fourth-order valence-corrected chi connectivity index (χ4v) is 3.86. The second-order valence-corrected chi connectivity index (χ2v) is 5.38. The molecule has 0 amide bonds. The minimum Gasteiger partial charge on any atom is -0.354 e. The van der Waals surface area contributed by atoms with Gasteiger partial charge in [0.25, 0.3) is 0 Å². The van der Waals surface area contributed by atoms with Crippen LogP contribution in [0.25, 0.3) is 0 Å². The summed E-state index contributed by atoms with van der Waals surface area (Å²) in [4.78, 5) is 0. The van der Waals surface area contributed by atoms with Crippen LogP contribution in [-0.4, -0.2) is 32.1 Å². The first-order valence-corrected chi connectivity index (χ1v) is 6.41.